The Morgan fingerprint density at radius 1 is 1.37 bits per heavy atom. The zero-order valence-corrected chi connectivity index (χ0v) is 13.2. The van der Waals surface area contributed by atoms with Gasteiger partial charge in [-0.05, 0) is 39.0 Å². The van der Waals surface area contributed by atoms with Gasteiger partial charge in [0.1, 0.15) is 5.02 Å². The highest BCUT2D eigenvalue weighted by molar-refractivity contribution is 9.11. The van der Waals surface area contributed by atoms with E-state index >= 15 is 0 Å². The van der Waals surface area contributed by atoms with Crippen LogP contribution in [-0.2, 0) is 6.54 Å². The molecule has 0 spiro atoms. The number of rotatable bonds is 3. The van der Waals surface area contributed by atoms with Gasteiger partial charge in [-0.25, -0.2) is 4.39 Å². The molecule has 0 aliphatic carbocycles. The summed E-state index contributed by atoms with van der Waals surface area (Å²) in [5.41, 5.74) is 13.1. The molecule has 0 bridgehead atoms. The van der Waals surface area contributed by atoms with Crippen molar-refractivity contribution in [2.45, 2.75) is 6.54 Å². The van der Waals surface area contributed by atoms with E-state index < -0.39 is 5.82 Å². The quantitative estimate of drug-likeness (QED) is 0.806. The fourth-order valence-electron chi connectivity index (χ4n) is 1.83. The number of anilines is 3. The minimum Gasteiger partial charge on any atom is -0.397 e. The van der Waals surface area contributed by atoms with Crippen molar-refractivity contribution in [3.63, 3.8) is 0 Å². The van der Waals surface area contributed by atoms with E-state index in [4.69, 9.17) is 23.1 Å². The molecule has 4 N–H and O–H groups in total. The molecule has 0 radical (unpaired) electrons. The fraction of sp³-hybridized carbons (Fsp3) is 0.167. The van der Waals surface area contributed by atoms with Gasteiger partial charge in [0, 0.05) is 13.6 Å². The number of halogens is 3. The van der Waals surface area contributed by atoms with Crippen LogP contribution in [0.25, 0.3) is 0 Å². The minimum absolute atomic E-state index is 0.0949. The van der Waals surface area contributed by atoms with Gasteiger partial charge in [0.2, 0.25) is 0 Å². The standard InChI is InChI=1S/C12H12BrClFN3S/c1-18(4-6-2-9(13)19-5-6)12-8(17)3-7(16)10(14)11(12)15/h2-3,5H,4,16-17H2,1H3. The fourth-order valence-corrected chi connectivity index (χ4v) is 3.17. The molecular formula is C12H12BrClFN3S. The number of nitrogens with two attached hydrogens (primary N) is 2. The summed E-state index contributed by atoms with van der Waals surface area (Å²) in [5.74, 6) is -0.587. The van der Waals surface area contributed by atoms with Gasteiger partial charge < -0.3 is 16.4 Å². The third kappa shape index (κ3) is 2.96. The van der Waals surface area contributed by atoms with E-state index in [9.17, 15) is 4.39 Å². The average molecular weight is 365 g/mol. The normalized spacial score (nSPS) is 10.7. The highest BCUT2D eigenvalue weighted by Crippen LogP contribution is 2.36. The zero-order chi connectivity index (χ0) is 14.2. The Hall–Kier alpha value is -0.980. The first-order valence-electron chi connectivity index (χ1n) is 5.37. The van der Waals surface area contributed by atoms with Crippen molar-refractivity contribution in [2.75, 3.05) is 23.4 Å². The summed E-state index contributed by atoms with van der Waals surface area (Å²) in [6.07, 6.45) is 0. The van der Waals surface area contributed by atoms with Crippen LogP contribution in [0.2, 0.25) is 5.02 Å². The lowest BCUT2D eigenvalue weighted by Crippen LogP contribution is -2.19. The summed E-state index contributed by atoms with van der Waals surface area (Å²) >= 11 is 10.8. The molecule has 1 heterocycles. The predicted octanol–water partition coefficient (Wildman–Crippen LogP) is 4.10. The first kappa shape index (κ1) is 14.4. The summed E-state index contributed by atoms with van der Waals surface area (Å²) in [5, 5.41) is 1.90. The largest absolute Gasteiger partial charge is 0.397 e. The molecule has 0 aliphatic heterocycles. The molecule has 2 rings (SSSR count). The molecule has 2 aromatic rings. The van der Waals surface area contributed by atoms with E-state index in [1.165, 1.54) is 6.07 Å². The average Bonchev–Trinajstić information content (AvgIpc) is 2.72. The number of hydrogen-bond donors (Lipinski definition) is 2. The highest BCUT2D eigenvalue weighted by Gasteiger charge is 2.18. The smallest absolute Gasteiger partial charge is 0.169 e. The van der Waals surface area contributed by atoms with Crippen molar-refractivity contribution >= 4 is 55.9 Å². The summed E-state index contributed by atoms with van der Waals surface area (Å²) < 4.78 is 15.2. The van der Waals surface area contributed by atoms with Crippen LogP contribution in [0.4, 0.5) is 21.5 Å². The van der Waals surface area contributed by atoms with Gasteiger partial charge in [-0.3, -0.25) is 0 Å². The van der Waals surface area contributed by atoms with Gasteiger partial charge in [0.25, 0.3) is 0 Å². The van der Waals surface area contributed by atoms with Crippen molar-refractivity contribution in [3.05, 3.63) is 37.7 Å². The van der Waals surface area contributed by atoms with E-state index in [1.807, 2.05) is 11.4 Å². The minimum atomic E-state index is -0.587. The molecule has 0 atom stereocenters. The van der Waals surface area contributed by atoms with E-state index in [-0.39, 0.29) is 22.1 Å². The number of nitrogen functional groups attached to an aromatic ring is 2. The molecule has 0 saturated heterocycles. The van der Waals surface area contributed by atoms with Crippen LogP contribution >= 0.6 is 38.9 Å². The Bertz CT molecular complexity index is 617. The Labute approximate surface area is 128 Å². The molecule has 19 heavy (non-hydrogen) atoms. The molecular weight excluding hydrogens is 353 g/mol. The summed E-state index contributed by atoms with van der Waals surface area (Å²) in [6.45, 7) is 0.531. The van der Waals surface area contributed by atoms with Crippen LogP contribution in [0.3, 0.4) is 0 Å². The first-order chi connectivity index (χ1) is 8.90. The number of benzene rings is 1. The Kier molecular flexibility index (Phi) is 4.23. The Morgan fingerprint density at radius 2 is 2.05 bits per heavy atom. The second-order valence-electron chi connectivity index (χ2n) is 4.15. The van der Waals surface area contributed by atoms with Gasteiger partial charge in [-0.1, -0.05) is 11.6 Å². The molecule has 0 amide bonds. The van der Waals surface area contributed by atoms with Crippen LogP contribution < -0.4 is 16.4 Å². The third-order valence-corrected chi connectivity index (χ3v) is 4.60. The van der Waals surface area contributed by atoms with Gasteiger partial charge >= 0.3 is 0 Å². The Balaban J connectivity index is 2.33. The first-order valence-corrected chi connectivity index (χ1v) is 7.42. The lowest BCUT2D eigenvalue weighted by atomic mass is 10.2. The van der Waals surface area contributed by atoms with E-state index in [1.54, 1.807) is 23.3 Å². The predicted molar refractivity (Wildman–Crippen MR) is 84.4 cm³/mol. The number of thiophene rings is 1. The molecule has 7 heteroatoms. The van der Waals surface area contributed by atoms with Crippen molar-refractivity contribution in [2.24, 2.45) is 0 Å². The van der Waals surface area contributed by atoms with Crippen molar-refractivity contribution < 1.29 is 4.39 Å². The molecule has 102 valence electrons. The highest BCUT2D eigenvalue weighted by atomic mass is 79.9. The van der Waals surface area contributed by atoms with E-state index in [0.29, 0.717) is 6.54 Å². The molecule has 1 aromatic heterocycles. The van der Waals surface area contributed by atoms with E-state index in [0.717, 1.165) is 9.35 Å². The van der Waals surface area contributed by atoms with Crippen molar-refractivity contribution in [1.82, 2.24) is 0 Å². The van der Waals surface area contributed by atoms with Crippen LogP contribution in [0, 0.1) is 5.82 Å². The Morgan fingerprint density at radius 3 is 2.63 bits per heavy atom. The molecule has 3 nitrogen and oxygen atoms in total. The topological polar surface area (TPSA) is 55.3 Å². The molecule has 0 aliphatic rings. The zero-order valence-electron chi connectivity index (χ0n) is 10.1. The van der Waals surface area contributed by atoms with Gasteiger partial charge in [-0.2, -0.15) is 0 Å². The van der Waals surface area contributed by atoms with Crippen molar-refractivity contribution in [1.29, 1.82) is 0 Å². The van der Waals surface area contributed by atoms with Crippen LogP contribution in [0.5, 0.6) is 0 Å². The van der Waals surface area contributed by atoms with Crippen molar-refractivity contribution in [3.8, 4) is 0 Å². The molecule has 0 fully saturated rings. The maximum Gasteiger partial charge on any atom is 0.169 e. The SMILES string of the molecule is CN(Cc1csc(Br)c1)c1c(N)cc(N)c(Cl)c1F. The number of hydrogen-bond acceptors (Lipinski definition) is 4. The molecule has 1 aromatic carbocycles. The van der Waals surface area contributed by atoms with Crippen LogP contribution in [-0.4, -0.2) is 7.05 Å². The summed E-state index contributed by atoms with van der Waals surface area (Å²) in [6, 6.07) is 3.45. The van der Waals surface area contributed by atoms with Crippen LogP contribution in [0.15, 0.2) is 21.3 Å². The van der Waals surface area contributed by atoms with E-state index in [2.05, 4.69) is 15.9 Å². The number of nitrogens with zero attached hydrogens (tertiary/aromatic N) is 1. The van der Waals surface area contributed by atoms with Crippen LogP contribution in [0.1, 0.15) is 5.56 Å². The molecule has 0 unspecified atom stereocenters. The maximum absolute atomic E-state index is 14.1. The third-order valence-electron chi connectivity index (χ3n) is 2.66. The lowest BCUT2D eigenvalue weighted by Gasteiger charge is -2.22. The van der Waals surface area contributed by atoms with Gasteiger partial charge in [-0.15, -0.1) is 11.3 Å². The van der Waals surface area contributed by atoms with Gasteiger partial charge in [0.15, 0.2) is 5.82 Å². The molecule has 0 saturated carbocycles. The second kappa shape index (κ2) is 5.56. The van der Waals surface area contributed by atoms with Gasteiger partial charge in [0.05, 0.1) is 20.8 Å². The monoisotopic (exact) mass is 363 g/mol. The second-order valence-corrected chi connectivity index (χ2v) is 6.82. The maximum atomic E-state index is 14.1. The summed E-state index contributed by atoms with van der Waals surface area (Å²) in [7, 11) is 1.76. The summed E-state index contributed by atoms with van der Waals surface area (Å²) in [4.78, 5) is 1.71. The lowest BCUT2D eigenvalue weighted by molar-refractivity contribution is 0.624.